The zero-order valence-electron chi connectivity index (χ0n) is 11.2. The van der Waals surface area contributed by atoms with Crippen molar-refractivity contribution in [2.45, 2.75) is 6.42 Å². The summed E-state index contributed by atoms with van der Waals surface area (Å²) >= 11 is 0. The van der Waals surface area contributed by atoms with E-state index in [1.54, 1.807) is 6.07 Å². The van der Waals surface area contributed by atoms with E-state index in [4.69, 9.17) is 4.52 Å². The van der Waals surface area contributed by atoms with Crippen molar-refractivity contribution in [3.63, 3.8) is 0 Å². The van der Waals surface area contributed by atoms with Gasteiger partial charge in [-0.15, -0.1) is 0 Å². The van der Waals surface area contributed by atoms with Crippen LogP contribution < -0.4 is 4.90 Å². The lowest BCUT2D eigenvalue weighted by molar-refractivity contribution is -0.130. The maximum Gasteiger partial charge on any atom is 0.228 e. The Bertz CT molecular complexity index is 546. The Morgan fingerprint density at radius 2 is 1.85 bits per heavy atom. The van der Waals surface area contributed by atoms with Gasteiger partial charge in [0.15, 0.2) is 0 Å². The lowest BCUT2D eigenvalue weighted by atomic mass is 10.2. The lowest BCUT2D eigenvalue weighted by Crippen LogP contribution is -2.49. The van der Waals surface area contributed by atoms with Crippen molar-refractivity contribution >= 4 is 11.6 Å². The van der Waals surface area contributed by atoms with Gasteiger partial charge < -0.3 is 14.3 Å². The summed E-state index contributed by atoms with van der Waals surface area (Å²) in [7, 11) is 0. The van der Waals surface area contributed by atoms with Crippen LogP contribution in [0, 0.1) is 0 Å². The molecule has 1 fully saturated rings. The topological polar surface area (TPSA) is 49.6 Å². The molecule has 0 aliphatic carbocycles. The van der Waals surface area contributed by atoms with E-state index >= 15 is 0 Å². The number of hydrogen-bond acceptors (Lipinski definition) is 4. The number of amides is 1. The Morgan fingerprint density at radius 1 is 1.10 bits per heavy atom. The molecule has 0 bridgehead atoms. The molecule has 0 radical (unpaired) electrons. The van der Waals surface area contributed by atoms with Gasteiger partial charge in [-0.05, 0) is 12.1 Å². The molecular weight excluding hydrogens is 254 g/mol. The molecule has 1 amide bonds. The van der Waals surface area contributed by atoms with Gasteiger partial charge in [0, 0.05) is 37.9 Å². The summed E-state index contributed by atoms with van der Waals surface area (Å²) in [6, 6.07) is 12.0. The average Bonchev–Trinajstić information content (AvgIpc) is 3.01. The second-order valence-corrected chi connectivity index (χ2v) is 4.87. The van der Waals surface area contributed by atoms with Crippen molar-refractivity contribution in [3.05, 3.63) is 48.4 Å². The zero-order valence-corrected chi connectivity index (χ0v) is 11.2. The molecule has 5 heteroatoms. The number of para-hydroxylation sites is 1. The fourth-order valence-electron chi connectivity index (χ4n) is 2.45. The molecule has 1 aromatic carbocycles. The van der Waals surface area contributed by atoms with Gasteiger partial charge >= 0.3 is 0 Å². The van der Waals surface area contributed by atoms with E-state index in [2.05, 4.69) is 22.2 Å². The smallest absolute Gasteiger partial charge is 0.228 e. The Balaban J connectivity index is 1.54. The van der Waals surface area contributed by atoms with Crippen LogP contribution >= 0.6 is 0 Å². The highest BCUT2D eigenvalue weighted by atomic mass is 16.5. The van der Waals surface area contributed by atoms with E-state index in [1.165, 1.54) is 12.0 Å². The number of benzene rings is 1. The molecule has 1 aliphatic heterocycles. The molecule has 1 aromatic heterocycles. The summed E-state index contributed by atoms with van der Waals surface area (Å²) < 4.78 is 4.75. The molecule has 0 atom stereocenters. The van der Waals surface area contributed by atoms with E-state index in [0.29, 0.717) is 12.1 Å². The second-order valence-electron chi connectivity index (χ2n) is 4.87. The summed E-state index contributed by atoms with van der Waals surface area (Å²) in [4.78, 5) is 16.3. The first-order chi connectivity index (χ1) is 9.83. The lowest BCUT2D eigenvalue weighted by Gasteiger charge is -2.36. The number of piperazine rings is 1. The molecule has 20 heavy (non-hydrogen) atoms. The molecule has 1 saturated heterocycles. The van der Waals surface area contributed by atoms with Crippen molar-refractivity contribution in [1.82, 2.24) is 10.1 Å². The molecule has 104 valence electrons. The molecule has 0 spiro atoms. The summed E-state index contributed by atoms with van der Waals surface area (Å²) in [6.45, 7) is 3.25. The van der Waals surface area contributed by atoms with Crippen molar-refractivity contribution in [2.24, 2.45) is 0 Å². The minimum atomic E-state index is 0.117. The molecule has 0 unspecified atom stereocenters. The molecule has 0 N–H and O–H groups in total. The molecule has 2 heterocycles. The number of nitrogens with zero attached hydrogens (tertiary/aromatic N) is 3. The molecule has 5 nitrogen and oxygen atoms in total. The number of carbonyl (C=O) groups excluding carboxylic acids is 1. The monoisotopic (exact) mass is 271 g/mol. The van der Waals surface area contributed by atoms with Crippen LogP contribution in [0.4, 0.5) is 5.69 Å². The number of anilines is 1. The van der Waals surface area contributed by atoms with Crippen LogP contribution in [0.1, 0.15) is 5.69 Å². The first-order valence-corrected chi connectivity index (χ1v) is 6.80. The number of carbonyl (C=O) groups is 1. The third-order valence-electron chi connectivity index (χ3n) is 3.58. The molecule has 3 rings (SSSR count). The SMILES string of the molecule is O=C(Cc1ccon1)N1CCN(c2ccccc2)CC1. The van der Waals surface area contributed by atoms with Crippen molar-refractivity contribution in [1.29, 1.82) is 0 Å². The summed E-state index contributed by atoms with van der Waals surface area (Å²) in [5.41, 5.74) is 1.91. The molecular formula is C15H17N3O2. The Labute approximate surface area is 117 Å². The zero-order chi connectivity index (χ0) is 13.8. The first kappa shape index (κ1) is 12.7. The Morgan fingerprint density at radius 3 is 2.50 bits per heavy atom. The van der Waals surface area contributed by atoms with Gasteiger partial charge in [-0.3, -0.25) is 4.79 Å². The van der Waals surface area contributed by atoms with Crippen LogP contribution in [0.25, 0.3) is 0 Å². The van der Waals surface area contributed by atoms with Gasteiger partial charge in [0.2, 0.25) is 5.91 Å². The molecule has 1 aliphatic rings. The summed E-state index contributed by atoms with van der Waals surface area (Å²) in [6.07, 6.45) is 1.82. The number of hydrogen-bond donors (Lipinski definition) is 0. The van der Waals surface area contributed by atoms with E-state index in [-0.39, 0.29) is 5.91 Å². The predicted molar refractivity (Wildman–Crippen MR) is 75.4 cm³/mol. The minimum Gasteiger partial charge on any atom is -0.368 e. The third kappa shape index (κ3) is 2.82. The molecule has 2 aromatic rings. The number of aromatic nitrogens is 1. The van der Waals surface area contributed by atoms with Crippen LogP contribution in [0.2, 0.25) is 0 Å². The first-order valence-electron chi connectivity index (χ1n) is 6.80. The van der Waals surface area contributed by atoms with Gasteiger partial charge in [-0.25, -0.2) is 0 Å². The van der Waals surface area contributed by atoms with Crippen molar-refractivity contribution < 1.29 is 9.32 Å². The van der Waals surface area contributed by atoms with E-state index in [9.17, 15) is 4.79 Å². The summed E-state index contributed by atoms with van der Waals surface area (Å²) in [5, 5.41) is 3.78. The predicted octanol–water partition coefficient (Wildman–Crippen LogP) is 1.57. The third-order valence-corrected chi connectivity index (χ3v) is 3.58. The van der Waals surface area contributed by atoms with E-state index < -0.39 is 0 Å². The minimum absolute atomic E-state index is 0.117. The quantitative estimate of drug-likeness (QED) is 0.850. The Kier molecular flexibility index (Phi) is 3.67. The van der Waals surface area contributed by atoms with Crippen LogP contribution in [0.15, 0.2) is 47.2 Å². The van der Waals surface area contributed by atoms with Crippen LogP contribution in [-0.4, -0.2) is 42.1 Å². The van der Waals surface area contributed by atoms with Gasteiger partial charge in [-0.2, -0.15) is 0 Å². The maximum atomic E-state index is 12.1. The highest BCUT2D eigenvalue weighted by Gasteiger charge is 2.21. The van der Waals surface area contributed by atoms with Crippen molar-refractivity contribution in [2.75, 3.05) is 31.1 Å². The normalized spacial score (nSPS) is 15.4. The van der Waals surface area contributed by atoms with Gasteiger partial charge in [-0.1, -0.05) is 23.4 Å². The largest absolute Gasteiger partial charge is 0.368 e. The van der Waals surface area contributed by atoms with Gasteiger partial charge in [0.1, 0.15) is 6.26 Å². The average molecular weight is 271 g/mol. The van der Waals surface area contributed by atoms with E-state index in [1.807, 2.05) is 23.1 Å². The van der Waals surface area contributed by atoms with Crippen LogP contribution in [0.5, 0.6) is 0 Å². The number of rotatable bonds is 3. The maximum absolute atomic E-state index is 12.1. The molecule has 0 saturated carbocycles. The fourth-order valence-corrected chi connectivity index (χ4v) is 2.45. The standard InChI is InChI=1S/C15H17N3O2/c19-15(12-13-6-11-20-16-13)18-9-7-17(8-10-18)14-4-2-1-3-5-14/h1-6,11H,7-10,12H2. The second kappa shape index (κ2) is 5.77. The van der Waals surface area contributed by atoms with Gasteiger partial charge in [0.05, 0.1) is 12.1 Å². The fraction of sp³-hybridized carbons (Fsp3) is 0.333. The van der Waals surface area contributed by atoms with E-state index in [0.717, 1.165) is 26.2 Å². The Hall–Kier alpha value is -2.30. The van der Waals surface area contributed by atoms with Crippen LogP contribution in [0.3, 0.4) is 0 Å². The van der Waals surface area contributed by atoms with Crippen LogP contribution in [-0.2, 0) is 11.2 Å². The summed E-state index contributed by atoms with van der Waals surface area (Å²) in [5.74, 6) is 0.117. The highest BCUT2D eigenvalue weighted by Crippen LogP contribution is 2.15. The van der Waals surface area contributed by atoms with Crippen molar-refractivity contribution in [3.8, 4) is 0 Å². The van der Waals surface area contributed by atoms with Gasteiger partial charge in [0.25, 0.3) is 0 Å². The highest BCUT2D eigenvalue weighted by molar-refractivity contribution is 5.78.